The van der Waals surface area contributed by atoms with Crippen LogP contribution in [0.1, 0.15) is 38.7 Å². The first-order chi connectivity index (χ1) is 9.69. The summed E-state index contributed by atoms with van der Waals surface area (Å²) in [6.45, 7) is 7.85. The molecule has 20 heavy (non-hydrogen) atoms. The van der Waals surface area contributed by atoms with Gasteiger partial charge in [0.15, 0.2) is 0 Å². The number of likely N-dealkylation sites (tertiary alicyclic amines) is 1. The average Bonchev–Trinajstić information content (AvgIpc) is 2.47. The fourth-order valence-electron chi connectivity index (χ4n) is 3.91. The Hall–Kier alpha value is -1.22. The van der Waals surface area contributed by atoms with Crippen LogP contribution in [0, 0.1) is 0 Å². The molecule has 110 valence electrons. The van der Waals surface area contributed by atoms with E-state index < -0.39 is 0 Å². The van der Waals surface area contributed by atoms with Crippen LogP contribution < -0.4 is 9.47 Å². The van der Waals surface area contributed by atoms with Crippen LogP contribution in [0.15, 0.2) is 18.2 Å². The molecule has 2 heterocycles. The van der Waals surface area contributed by atoms with Gasteiger partial charge in [-0.1, -0.05) is 13.8 Å². The lowest BCUT2D eigenvalue weighted by Crippen LogP contribution is -2.58. The summed E-state index contributed by atoms with van der Waals surface area (Å²) in [6.07, 6.45) is 3.71. The van der Waals surface area contributed by atoms with Crippen LogP contribution in [0.2, 0.25) is 0 Å². The smallest absolute Gasteiger partial charge is 0.123 e. The third kappa shape index (κ3) is 2.08. The number of hydrogen-bond acceptors (Lipinski definition) is 3. The highest BCUT2D eigenvalue weighted by molar-refractivity contribution is 5.47. The van der Waals surface area contributed by atoms with Crippen molar-refractivity contribution in [2.24, 2.45) is 0 Å². The van der Waals surface area contributed by atoms with Gasteiger partial charge in [-0.3, -0.25) is 4.90 Å². The largest absolute Gasteiger partial charge is 0.497 e. The maximum absolute atomic E-state index is 6.04. The third-order valence-corrected chi connectivity index (χ3v) is 5.03. The molecule has 2 aliphatic rings. The van der Waals surface area contributed by atoms with Crippen molar-refractivity contribution in [2.45, 2.75) is 44.6 Å². The normalized spacial score (nSPS) is 29.2. The quantitative estimate of drug-likeness (QED) is 0.845. The lowest BCUT2D eigenvalue weighted by Gasteiger charge is -2.51. The molecule has 0 aliphatic carbocycles. The number of methoxy groups -OCH3 is 1. The second-order valence-electron chi connectivity index (χ2n) is 6.25. The summed E-state index contributed by atoms with van der Waals surface area (Å²) in [5.74, 6) is 1.98. The van der Waals surface area contributed by atoms with E-state index in [0.29, 0.717) is 6.04 Å². The van der Waals surface area contributed by atoms with E-state index in [2.05, 4.69) is 30.9 Å². The van der Waals surface area contributed by atoms with Crippen molar-refractivity contribution in [3.05, 3.63) is 23.8 Å². The molecule has 1 saturated heterocycles. The predicted octanol–water partition coefficient (Wildman–Crippen LogP) is 3.22. The highest BCUT2D eigenvalue weighted by atomic mass is 16.5. The molecule has 0 spiro atoms. The number of fused-ring (bicyclic) bond motifs is 3. The number of piperidine rings is 1. The monoisotopic (exact) mass is 275 g/mol. The first kappa shape index (κ1) is 13.7. The van der Waals surface area contributed by atoms with E-state index in [4.69, 9.17) is 9.47 Å². The Bertz CT molecular complexity index is 486. The Kier molecular flexibility index (Phi) is 3.63. The molecule has 1 fully saturated rings. The molecule has 3 rings (SSSR count). The SMILES string of the molecule is CCCN1CCC[C@@]2(C)c3cc(OC)ccc3OC[C@H]12. The van der Waals surface area contributed by atoms with Crippen LogP contribution in [0.4, 0.5) is 0 Å². The fourth-order valence-corrected chi connectivity index (χ4v) is 3.91. The number of ether oxygens (including phenoxy) is 2. The lowest BCUT2D eigenvalue weighted by molar-refractivity contribution is 0.0222. The number of rotatable bonds is 3. The molecule has 0 saturated carbocycles. The molecule has 1 aromatic rings. The molecular weight excluding hydrogens is 250 g/mol. The molecule has 3 nitrogen and oxygen atoms in total. The van der Waals surface area contributed by atoms with E-state index in [-0.39, 0.29) is 5.41 Å². The van der Waals surface area contributed by atoms with Crippen LogP contribution in [-0.2, 0) is 5.41 Å². The van der Waals surface area contributed by atoms with Crippen molar-refractivity contribution < 1.29 is 9.47 Å². The lowest BCUT2D eigenvalue weighted by atomic mass is 9.68. The van der Waals surface area contributed by atoms with Gasteiger partial charge < -0.3 is 9.47 Å². The van der Waals surface area contributed by atoms with E-state index in [1.54, 1.807) is 7.11 Å². The maximum atomic E-state index is 6.04. The van der Waals surface area contributed by atoms with Gasteiger partial charge in [0.2, 0.25) is 0 Å². The third-order valence-electron chi connectivity index (χ3n) is 5.03. The summed E-state index contributed by atoms with van der Waals surface area (Å²) in [4.78, 5) is 2.62. The molecule has 0 aromatic heterocycles. The van der Waals surface area contributed by atoms with Gasteiger partial charge >= 0.3 is 0 Å². The molecule has 0 N–H and O–H groups in total. The first-order valence-corrected chi connectivity index (χ1v) is 7.74. The summed E-state index contributed by atoms with van der Waals surface area (Å²) in [5, 5.41) is 0. The zero-order chi connectivity index (χ0) is 14.2. The zero-order valence-electron chi connectivity index (χ0n) is 12.8. The molecule has 0 bridgehead atoms. The Morgan fingerprint density at radius 2 is 2.30 bits per heavy atom. The molecule has 0 unspecified atom stereocenters. The highest BCUT2D eigenvalue weighted by Gasteiger charge is 2.46. The van der Waals surface area contributed by atoms with E-state index in [1.807, 2.05) is 6.07 Å². The van der Waals surface area contributed by atoms with Gasteiger partial charge in [0.1, 0.15) is 18.1 Å². The number of hydrogen-bond donors (Lipinski definition) is 0. The van der Waals surface area contributed by atoms with E-state index in [0.717, 1.165) is 18.1 Å². The average molecular weight is 275 g/mol. The minimum absolute atomic E-state index is 0.190. The van der Waals surface area contributed by atoms with Gasteiger partial charge in [-0.25, -0.2) is 0 Å². The molecule has 0 amide bonds. The minimum atomic E-state index is 0.190. The summed E-state index contributed by atoms with van der Waals surface area (Å²) in [5.41, 5.74) is 1.52. The second-order valence-corrected chi connectivity index (χ2v) is 6.25. The first-order valence-electron chi connectivity index (χ1n) is 7.74. The Morgan fingerprint density at radius 1 is 1.45 bits per heavy atom. The zero-order valence-corrected chi connectivity index (χ0v) is 12.8. The van der Waals surface area contributed by atoms with Crippen molar-refractivity contribution in [3.63, 3.8) is 0 Å². The van der Waals surface area contributed by atoms with Crippen molar-refractivity contribution >= 4 is 0 Å². The molecule has 0 radical (unpaired) electrons. The van der Waals surface area contributed by atoms with Gasteiger partial charge in [-0.05, 0) is 50.6 Å². The summed E-state index contributed by atoms with van der Waals surface area (Å²) < 4.78 is 11.4. The predicted molar refractivity (Wildman–Crippen MR) is 80.7 cm³/mol. The van der Waals surface area contributed by atoms with Gasteiger partial charge in [-0.15, -0.1) is 0 Å². The van der Waals surface area contributed by atoms with E-state index in [1.165, 1.54) is 37.9 Å². The van der Waals surface area contributed by atoms with Crippen LogP contribution in [0.3, 0.4) is 0 Å². The Labute approximate surface area is 121 Å². The molecule has 2 aliphatic heterocycles. The number of benzene rings is 1. The van der Waals surface area contributed by atoms with Crippen LogP contribution >= 0.6 is 0 Å². The van der Waals surface area contributed by atoms with Gasteiger partial charge in [0.25, 0.3) is 0 Å². The van der Waals surface area contributed by atoms with Crippen LogP contribution in [0.25, 0.3) is 0 Å². The fraction of sp³-hybridized carbons (Fsp3) is 0.647. The molecular formula is C17H25NO2. The molecule has 3 heteroatoms. The van der Waals surface area contributed by atoms with Crippen molar-refractivity contribution in [1.29, 1.82) is 0 Å². The van der Waals surface area contributed by atoms with Crippen molar-refractivity contribution in [1.82, 2.24) is 4.90 Å². The Morgan fingerprint density at radius 3 is 3.05 bits per heavy atom. The van der Waals surface area contributed by atoms with Crippen LogP contribution in [-0.4, -0.2) is 37.7 Å². The van der Waals surface area contributed by atoms with E-state index in [9.17, 15) is 0 Å². The highest BCUT2D eigenvalue weighted by Crippen LogP contribution is 2.47. The summed E-state index contributed by atoms with van der Waals surface area (Å²) >= 11 is 0. The van der Waals surface area contributed by atoms with Gasteiger partial charge in [0.05, 0.1) is 13.2 Å². The standard InChI is InChI=1S/C17H25NO2/c1-4-9-18-10-5-8-17(2)14-11-13(19-3)6-7-15(14)20-12-16(17)18/h6-7,11,16H,4-5,8-10,12H2,1-3H3/t16-,17-/m0/s1. The second kappa shape index (κ2) is 5.28. The number of nitrogens with zero attached hydrogens (tertiary/aromatic N) is 1. The summed E-state index contributed by atoms with van der Waals surface area (Å²) in [6, 6.07) is 6.73. The minimum Gasteiger partial charge on any atom is -0.497 e. The molecule has 2 atom stereocenters. The molecule has 1 aromatic carbocycles. The van der Waals surface area contributed by atoms with E-state index >= 15 is 0 Å². The topological polar surface area (TPSA) is 21.7 Å². The van der Waals surface area contributed by atoms with Crippen LogP contribution in [0.5, 0.6) is 11.5 Å². The van der Waals surface area contributed by atoms with Gasteiger partial charge in [0, 0.05) is 11.0 Å². The van der Waals surface area contributed by atoms with Gasteiger partial charge in [-0.2, -0.15) is 0 Å². The maximum Gasteiger partial charge on any atom is 0.123 e. The van der Waals surface area contributed by atoms with Crippen molar-refractivity contribution in [2.75, 3.05) is 26.8 Å². The summed E-state index contributed by atoms with van der Waals surface area (Å²) in [7, 11) is 1.73. The van der Waals surface area contributed by atoms with Crippen molar-refractivity contribution in [3.8, 4) is 11.5 Å². The Balaban J connectivity index is 2.00.